The van der Waals surface area contributed by atoms with Gasteiger partial charge in [0.25, 0.3) is 0 Å². The number of aliphatic hydroxyl groups is 1. The molecule has 0 aliphatic heterocycles. The van der Waals surface area contributed by atoms with Crippen LogP contribution in [-0.4, -0.2) is 22.8 Å². The molecule has 0 fully saturated rings. The van der Waals surface area contributed by atoms with Crippen LogP contribution in [0.2, 0.25) is 0 Å². The van der Waals surface area contributed by atoms with Crippen LogP contribution in [0.25, 0.3) is 0 Å². The minimum atomic E-state index is 0.316. The van der Waals surface area contributed by atoms with Gasteiger partial charge in [-0.15, -0.1) is 0 Å². The number of aryl methyl sites for hydroxylation is 1. The molecular weight excluding hydrogens is 212 g/mol. The van der Waals surface area contributed by atoms with Gasteiger partial charge in [-0.1, -0.05) is 13.8 Å². The van der Waals surface area contributed by atoms with E-state index in [0.717, 1.165) is 38.9 Å². The summed E-state index contributed by atoms with van der Waals surface area (Å²) in [7, 11) is 0. The maximum atomic E-state index is 8.69. The van der Waals surface area contributed by atoms with E-state index in [1.54, 1.807) is 0 Å². The van der Waals surface area contributed by atoms with Gasteiger partial charge in [0.2, 0.25) is 0 Å². The van der Waals surface area contributed by atoms with Gasteiger partial charge in [0.1, 0.15) is 0 Å². The average molecular weight is 238 g/mol. The van der Waals surface area contributed by atoms with Crippen molar-refractivity contribution >= 4 is 0 Å². The first-order chi connectivity index (χ1) is 8.22. The van der Waals surface area contributed by atoms with Crippen LogP contribution < -0.4 is 5.32 Å². The smallest absolute Gasteiger partial charge is 0.0431 e. The lowest BCUT2D eigenvalue weighted by atomic mass is 10.2. The molecule has 1 heterocycles. The predicted molar refractivity (Wildman–Crippen MR) is 71.9 cm³/mol. The summed E-state index contributed by atoms with van der Waals surface area (Å²) in [6, 6.07) is 2.18. The number of aromatic nitrogens is 1. The average Bonchev–Trinajstić information content (AvgIpc) is 2.72. The molecule has 0 radical (unpaired) electrons. The molecule has 0 amide bonds. The summed E-state index contributed by atoms with van der Waals surface area (Å²) in [6.45, 7) is 7.85. The van der Waals surface area contributed by atoms with Crippen LogP contribution in [0.4, 0.5) is 0 Å². The van der Waals surface area contributed by atoms with E-state index in [1.807, 2.05) is 0 Å². The number of unbranched alkanes of at least 4 members (excludes halogenated alkanes) is 2. The Labute approximate surface area is 105 Å². The summed E-state index contributed by atoms with van der Waals surface area (Å²) in [5.74, 6) is 0.704. The highest BCUT2D eigenvalue weighted by atomic mass is 16.2. The molecule has 0 atom stereocenters. The predicted octanol–water partition coefficient (Wildman–Crippen LogP) is 2.40. The molecule has 0 aromatic carbocycles. The lowest BCUT2D eigenvalue weighted by Crippen LogP contribution is -2.18. The molecule has 0 aliphatic carbocycles. The molecule has 0 bridgehead atoms. The number of rotatable bonds is 9. The van der Waals surface area contributed by atoms with Gasteiger partial charge < -0.3 is 15.0 Å². The quantitative estimate of drug-likeness (QED) is 0.648. The standard InChI is InChI=1S/C14H26N2O/c1-13(2)10-15-11-14-6-8-16(12-14)7-4-3-5-9-17/h6,8,12-13,15,17H,3-5,7,9-11H2,1-2H3. The highest BCUT2D eigenvalue weighted by Crippen LogP contribution is 2.04. The number of nitrogens with one attached hydrogen (secondary N) is 1. The van der Waals surface area contributed by atoms with E-state index < -0.39 is 0 Å². The zero-order valence-electron chi connectivity index (χ0n) is 11.2. The van der Waals surface area contributed by atoms with E-state index in [4.69, 9.17) is 5.11 Å². The van der Waals surface area contributed by atoms with Crippen LogP contribution in [0, 0.1) is 5.92 Å². The van der Waals surface area contributed by atoms with Crippen LogP contribution in [0.5, 0.6) is 0 Å². The molecular formula is C14H26N2O. The summed E-state index contributed by atoms with van der Waals surface area (Å²) in [4.78, 5) is 0. The van der Waals surface area contributed by atoms with Crippen LogP contribution in [0.3, 0.4) is 0 Å². The zero-order valence-corrected chi connectivity index (χ0v) is 11.2. The number of aliphatic hydroxyl groups excluding tert-OH is 1. The second-order valence-corrected chi connectivity index (χ2v) is 5.07. The van der Waals surface area contributed by atoms with Crippen LogP contribution in [0.15, 0.2) is 18.5 Å². The number of nitrogens with zero attached hydrogens (tertiary/aromatic N) is 1. The molecule has 3 heteroatoms. The van der Waals surface area contributed by atoms with Gasteiger partial charge in [0, 0.05) is 32.1 Å². The third kappa shape index (κ3) is 6.49. The first-order valence-corrected chi connectivity index (χ1v) is 6.68. The molecule has 2 N–H and O–H groups in total. The summed E-state index contributed by atoms with van der Waals surface area (Å²) in [5, 5.41) is 12.1. The lowest BCUT2D eigenvalue weighted by molar-refractivity contribution is 0.282. The van der Waals surface area contributed by atoms with Crippen LogP contribution >= 0.6 is 0 Å². The Morgan fingerprint density at radius 3 is 2.82 bits per heavy atom. The molecule has 98 valence electrons. The van der Waals surface area contributed by atoms with E-state index in [1.165, 1.54) is 5.56 Å². The van der Waals surface area contributed by atoms with Crippen LogP contribution in [-0.2, 0) is 13.1 Å². The van der Waals surface area contributed by atoms with E-state index in [-0.39, 0.29) is 0 Å². The van der Waals surface area contributed by atoms with Gasteiger partial charge in [-0.2, -0.15) is 0 Å². The Hall–Kier alpha value is -0.800. The normalized spacial score (nSPS) is 11.3. The summed E-state index contributed by atoms with van der Waals surface area (Å²) < 4.78 is 2.24. The fourth-order valence-electron chi connectivity index (χ4n) is 1.82. The van der Waals surface area contributed by atoms with Gasteiger partial charge in [-0.25, -0.2) is 0 Å². The van der Waals surface area contributed by atoms with Gasteiger partial charge >= 0.3 is 0 Å². The second-order valence-electron chi connectivity index (χ2n) is 5.07. The molecule has 0 saturated carbocycles. The minimum Gasteiger partial charge on any atom is -0.396 e. The molecule has 17 heavy (non-hydrogen) atoms. The van der Waals surface area contributed by atoms with E-state index in [2.05, 4.69) is 42.2 Å². The van der Waals surface area contributed by atoms with Crippen molar-refractivity contribution in [1.29, 1.82) is 0 Å². The zero-order chi connectivity index (χ0) is 12.5. The summed E-state index contributed by atoms with van der Waals surface area (Å²) in [6.07, 6.45) is 7.53. The van der Waals surface area contributed by atoms with Crippen molar-refractivity contribution in [3.05, 3.63) is 24.0 Å². The Morgan fingerprint density at radius 2 is 2.12 bits per heavy atom. The fraction of sp³-hybridized carbons (Fsp3) is 0.714. The van der Waals surface area contributed by atoms with Crippen molar-refractivity contribution in [2.24, 2.45) is 5.92 Å². The molecule has 0 aliphatic rings. The van der Waals surface area contributed by atoms with Crippen molar-refractivity contribution in [2.45, 2.75) is 46.2 Å². The topological polar surface area (TPSA) is 37.2 Å². The van der Waals surface area contributed by atoms with Gasteiger partial charge in [0.05, 0.1) is 0 Å². The molecule has 1 aromatic rings. The molecule has 1 rings (SSSR count). The van der Waals surface area contributed by atoms with Gasteiger partial charge in [-0.3, -0.25) is 0 Å². The summed E-state index contributed by atoms with van der Waals surface area (Å²) >= 11 is 0. The highest BCUT2D eigenvalue weighted by Gasteiger charge is 1.98. The van der Waals surface area contributed by atoms with Crippen molar-refractivity contribution in [1.82, 2.24) is 9.88 Å². The number of hydrogen-bond donors (Lipinski definition) is 2. The molecule has 0 unspecified atom stereocenters. The van der Waals surface area contributed by atoms with Crippen LogP contribution in [0.1, 0.15) is 38.7 Å². The summed E-state index contributed by atoms with van der Waals surface area (Å²) in [5.41, 5.74) is 1.35. The third-order valence-corrected chi connectivity index (χ3v) is 2.77. The van der Waals surface area contributed by atoms with Gasteiger partial charge in [-0.05, 0) is 43.4 Å². The fourth-order valence-corrected chi connectivity index (χ4v) is 1.82. The molecule has 3 nitrogen and oxygen atoms in total. The molecule has 1 aromatic heterocycles. The molecule has 0 spiro atoms. The third-order valence-electron chi connectivity index (χ3n) is 2.77. The van der Waals surface area contributed by atoms with Crippen molar-refractivity contribution in [3.8, 4) is 0 Å². The highest BCUT2D eigenvalue weighted by molar-refractivity contribution is 5.09. The Morgan fingerprint density at radius 1 is 1.29 bits per heavy atom. The Kier molecular flexibility index (Phi) is 6.97. The maximum absolute atomic E-state index is 8.69. The van der Waals surface area contributed by atoms with E-state index in [9.17, 15) is 0 Å². The second kappa shape index (κ2) is 8.31. The van der Waals surface area contributed by atoms with Crippen molar-refractivity contribution in [3.63, 3.8) is 0 Å². The van der Waals surface area contributed by atoms with Crippen molar-refractivity contribution < 1.29 is 5.11 Å². The lowest BCUT2D eigenvalue weighted by Gasteiger charge is -2.05. The first kappa shape index (κ1) is 14.3. The van der Waals surface area contributed by atoms with Gasteiger partial charge in [0.15, 0.2) is 0 Å². The SMILES string of the molecule is CC(C)CNCc1ccn(CCCCCO)c1. The first-order valence-electron chi connectivity index (χ1n) is 6.68. The maximum Gasteiger partial charge on any atom is 0.0431 e. The van der Waals surface area contributed by atoms with E-state index >= 15 is 0 Å². The van der Waals surface area contributed by atoms with Crippen molar-refractivity contribution in [2.75, 3.05) is 13.2 Å². The molecule has 0 saturated heterocycles. The largest absolute Gasteiger partial charge is 0.396 e. The van der Waals surface area contributed by atoms with E-state index in [0.29, 0.717) is 12.5 Å². The Balaban J connectivity index is 2.18. The number of hydrogen-bond acceptors (Lipinski definition) is 2. The monoisotopic (exact) mass is 238 g/mol. The minimum absolute atomic E-state index is 0.316. The Bertz CT molecular complexity index is 294.